The highest BCUT2D eigenvalue weighted by atomic mass is 79.9. The summed E-state index contributed by atoms with van der Waals surface area (Å²) in [6.07, 6.45) is 3.38. The summed E-state index contributed by atoms with van der Waals surface area (Å²) < 4.78 is 11.2. The maximum absolute atomic E-state index is 12.6. The third kappa shape index (κ3) is 3.88. The van der Waals surface area contributed by atoms with Gasteiger partial charge in [-0.05, 0) is 54.7 Å². The Morgan fingerprint density at radius 2 is 1.94 bits per heavy atom. The fourth-order valence-corrected chi connectivity index (χ4v) is 5.31. The van der Waals surface area contributed by atoms with Gasteiger partial charge in [0.15, 0.2) is 24.2 Å². The molecule has 3 aliphatic rings. The zero-order chi connectivity index (χ0) is 22.4. The average Bonchev–Trinajstić information content (AvgIpc) is 3.24. The number of halogens is 1. The van der Waals surface area contributed by atoms with Gasteiger partial charge in [-0.1, -0.05) is 28.1 Å². The van der Waals surface area contributed by atoms with Crippen molar-refractivity contribution in [1.29, 1.82) is 0 Å². The van der Waals surface area contributed by atoms with E-state index in [1.54, 1.807) is 6.07 Å². The normalized spacial score (nSPS) is 23.6. The Morgan fingerprint density at radius 3 is 2.72 bits per heavy atom. The van der Waals surface area contributed by atoms with Gasteiger partial charge in [0, 0.05) is 29.5 Å². The summed E-state index contributed by atoms with van der Waals surface area (Å²) in [5.41, 5.74) is 5.12. The molecular formula is C25H25BrNO5+. The lowest BCUT2D eigenvalue weighted by Gasteiger charge is -2.26. The lowest BCUT2D eigenvalue weighted by Crippen LogP contribution is -2.92. The Bertz CT molecular complexity index is 1130. The number of nitrogens with two attached hydrogens (primary N) is 1. The summed E-state index contributed by atoms with van der Waals surface area (Å²) in [7, 11) is 0. The second-order valence-corrected chi connectivity index (χ2v) is 10.0. The van der Waals surface area contributed by atoms with E-state index in [9.17, 15) is 14.4 Å². The van der Waals surface area contributed by atoms with Crippen LogP contribution in [0.3, 0.4) is 0 Å². The van der Waals surface area contributed by atoms with Gasteiger partial charge in [0.05, 0.1) is 10.9 Å². The third-order valence-electron chi connectivity index (χ3n) is 6.67. The molecule has 2 N–H and O–H groups in total. The van der Waals surface area contributed by atoms with Crippen molar-refractivity contribution in [2.75, 3.05) is 6.61 Å². The van der Waals surface area contributed by atoms with Crippen molar-refractivity contribution in [3.05, 3.63) is 52.6 Å². The molecule has 0 saturated carbocycles. The van der Waals surface area contributed by atoms with Crippen LogP contribution in [0, 0.1) is 0 Å². The monoisotopic (exact) mass is 498 g/mol. The van der Waals surface area contributed by atoms with E-state index in [1.165, 1.54) is 0 Å². The van der Waals surface area contributed by atoms with E-state index >= 15 is 0 Å². The Labute approximate surface area is 194 Å². The van der Waals surface area contributed by atoms with Crippen LogP contribution in [-0.2, 0) is 22.6 Å². The summed E-state index contributed by atoms with van der Waals surface area (Å²) in [6, 6.07) is 9.61. The van der Waals surface area contributed by atoms with Crippen molar-refractivity contribution in [1.82, 2.24) is 0 Å². The minimum atomic E-state index is -0.317. The van der Waals surface area contributed by atoms with E-state index < -0.39 is 0 Å². The topological polar surface area (TPSA) is 86.3 Å². The van der Waals surface area contributed by atoms with Gasteiger partial charge in [0.1, 0.15) is 12.4 Å². The fraction of sp³-hybridized carbons (Fsp3) is 0.400. The highest BCUT2D eigenvalue weighted by Gasteiger charge is 2.33. The predicted molar refractivity (Wildman–Crippen MR) is 121 cm³/mol. The molecule has 6 nitrogen and oxygen atoms in total. The second-order valence-electron chi connectivity index (χ2n) is 8.92. The fourth-order valence-electron chi connectivity index (χ4n) is 4.83. The molecule has 1 aliphatic carbocycles. The lowest BCUT2D eigenvalue weighted by molar-refractivity contribution is -0.688. The number of rotatable bonds is 4. The van der Waals surface area contributed by atoms with Gasteiger partial charge in [-0.3, -0.25) is 9.59 Å². The van der Waals surface area contributed by atoms with Gasteiger partial charge >= 0.3 is 5.97 Å². The van der Waals surface area contributed by atoms with Crippen LogP contribution in [0.25, 0.3) is 11.1 Å². The molecule has 1 fully saturated rings. The highest BCUT2D eigenvalue weighted by Crippen LogP contribution is 2.41. The molecule has 3 atom stereocenters. The largest absolute Gasteiger partial charge is 0.488 e. The molecule has 32 heavy (non-hydrogen) atoms. The number of hydrogen-bond donors (Lipinski definition) is 1. The number of carbonyl (C=O) groups is 3. The standard InChI is InChI=1S/C25H24BrNO5/c1-13-2-7-21(27-13)25(30)32-12-22(28)15-3-5-17-16(8-15)11-31-23-10-18-14(9-19(17)23)4-6-20(26)24(18)29/h3,5,8-10,13,20-21,27H,2,4,6-7,11-12H2,1H3/p+1/t13-,20?,21-/m0/s1. The first-order chi connectivity index (χ1) is 15.4. The van der Waals surface area contributed by atoms with Crippen LogP contribution in [0.4, 0.5) is 0 Å². The zero-order valence-corrected chi connectivity index (χ0v) is 19.4. The first-order valence-electron chi connectivity index (χ1n) is 11.1. The Balaban J connectivity index is 1.33. The van der Waals surface area contributed by atoms with Crippen molar-refractivity contribution in [3.63, 3.8) is 0 Å². The van der Waals surface area contributed by atoms with E-state index in [-0.39, 0.29) is 35.0 Å². The molecule has 0 spiro atoms. The molecule has 2 aromatic rings. The molecular weight excluding hydrogens is 474 g/mol. The van der Waals surface area contributed by atoms with Gasteiger partial charge in [-0.15, -0.1) is 0 Å². The van der Waals surface area contributed by atoms with E-state index in [4.69, 9.17) is 9.47 Å². The molecule has 7 heteroatoms. The number of benzene rings is 2. The molecule has 2 heterocycles. The summed E-state index contributed by atoms with van der Waals surface area (Å²) >= 11 is 3.45. The number of alkyl halides is 1. The van der Waals surface area contributed by atoms with Gasteiger partial charge in [-0.2, -0.15) is 0 Å². The van der Waals surface area contributed by atoms with Gasteiger partial charge < -0.3 is 14.8 Å². The maximum atomic E-state index is 12.6. The molecule has 0 amide bonds. The number of quaternary nitrogens is 1. The molecule has 0 aromatic heterocycles. The first kappa shape index (κ1) is 21.3. The summed E-state index contributed by atoms with van der Waals surface area (Å²) in [6.45, 7) is 2.15. The number of hydrogen-bond acceptors (Lipinski definition) is 5. The van der Waals surface area contributed by atoms with E-state index in [2.05, 4.69) is 22.9 Å². The quantitative estimate of drug-likeness (QED) is 0.397. The molecule has 2 aliphatic heterocycles. The molecule has 1 unspecified atom stereocenters. The highest BCUT2D eigenvalue weighted by molar-refractivity contribution is 9.10. The average molecular weight is 499 g/mol. The minimum Gasteiger partial charge on any atom is -0.488 e. The van der Waals surface area contributed by atoms with Crippen LogP contribution < -0.4 is 10.1 Å². The van der Waals surface area contributed by atoms with Crippen molar-refractivity contribution < 1.29 is 29.2 Å². The van der Waals surface area contributed by atoms with Crippen LogP contribution in [0.15, 0.2) is 30.3 Å². The molecule has 0 radical (unpaired) electrons. The minimum absolute atomic E-state index is 0.101. The van der Waals surface area contributed by atoms with Crippen LogP contribution in [0.2, 0.25) is 0 Å². The Kier molecular flexibility index (Phi) is 5.63. The van der Waals surface area contributed by atoms with Gasteiger partial charge in [-0.25, -0.2) is 4.79 Å². The number of esters is 1. The molecule has 5 rings (SSSR count). The second kappa shape index (κ2) is 8.45. The summed E-state index contributed by atoms with van der Waals surface area (Å²) in [4.78, 5) is 37.2. The third-order valence-corrected chi connectivity index (χ3v) is 7.54. The van der Waals surface area contributed by atoms with Gasteiger partial charge in [0.2, 0.25) is 0 Å². The number of ketones is 2. The molecule has 2 aromatic carbocycles. The Hall–Kier alpha value is -2.51. The van der Waals surface area contributed by atoms with Crippen LogP contribution in [0.1, 0.15) is 58.0 Å². The zero-order valence-electron chi connectivity index (χ0n) is 17.9. The summed E-state index contributed by atoms with van der Waals surface area (Å²) in [5, 5.41) is 2.00. The van der Waals surface area contributed by atoms with Crippen LogP contribution in [-0.4, -0.2) is 41.1 Å². The number of fused-ring (bicyclic) bond motifs is 4. The van der Waals surface area contributed by atoms with Crippen LogP contribution in [0.5, 0.6) is 5.75 Å². The number of ether oxygens (including phenoxy) is 2. The lowest BCUT2D eigenvalue weighted by atomic mass is 9.85. The Morgan fingerprint density at radius 1 is 1.09 bits per heavy atom. The van der Waals surface area contributed by atoms with E-state index in [0.717, 1.165) is 53.5 Å². The van der Waals surface area contributed by atoms with Crippen LogP contribution >= 0.6 is 15.9 Å². The van der Waals surface area contributed by atoms with Crippen molar-refractivity contribution in [2.24, 2.45) is 0 Å². The van der Waals surface area contributed by atoms with E-state index in [0.29, 0.717) is 24.0 Å². The molecule has 0 bridgehead atoms. The smallest absolute Gasteiger partial charge is 0.365 e. The predicted octanol–water partition coefficient (Wildman–Crippen LogP) is 2.98. The number of carbonyl (C=O) groups excluding carboxylic acids is 3. The molecule has 1 saturated heterocycles. The van der Waals surface area contributed by atoms with Crippen molar-refractivity contribution in [3.8, 4) is 16.9 Å². The summed E-state index contributed by atoms with van der Waals surface area (Å²) in [5.74, 6) is 0.255. The first-order valence-corrected chi connectivity index (χ1v) is 12.0. The van der Waals surface area contributed by atoms with Crippen molar-refractivity contribution >= 4 is 33.5 Å². The number of Topliss-reactive ketones (excluding diaryl/α,β-unsaturated/α-hetero) is 2. The maximum Gasteiger partial charge on any atom is 0.365 e. The van der Waals surface area contributed by atoms with E-state index in [1.807, 2.05) is 29.6 Å². The SMILES string of the molecule is C[C@H]1CC[C@@H](C(=O)OCC(=O)c2ccc3c(c2)COc2cc4c(cc2-3)CCC(Br)C4=O)[NH2+]1. The van der Waals surface area contributed by atoms with Gasteiger partial charge in [0.25, 0.3) is 0 Å². The molecule has 166 valence electrons. The van der Waals surface area contributed by atoms with Crippen molar-refractivity contribution in [2.45, 2.75) is 56.1 Å². The number of aryl methyl sites for hydroxylation is 1.